The van der Waals surface area contributed by atoms with Gasteiger partial charge in [-0.1, -0.05) is 48.5 Å². The molecule has 0 saturated heterocycles. The molecule has 3 aromatic rings. The Kier molecular flexibility index (Phi) is 6.29. The molecule has 0 saturated carbocycles. The summed E-state index contributed by atoms with van der Waals surface area (Å²) < 4.78 is 5.19. The van der Waals surface area contributed by atoms with E-state index in [0.29, 0.717) is 17.0 Å². The average molecular weight is 388 g/mol. The quantitative estimate of drug-likeness (QED) is 0.564. The van der Waals surface area contributed by atoms with E-state index in [-0.39, 0.29) is 5.91 Å². The van der Waals surface area contributed by atoms with Crippen molar-refractivity contribution in [3.63, 3.8) is 0 Å². The largest absolute Gasteiger partial charge is 0.497 e. The van der Waals surface area contributed by atoms with Crippen molar-refractivity contribution >= 4 is 23.6 Å². The van der Waals surface area contributed by atoms with E-state index in [1.54, 1.807) is 25.3 Å². The third-order valence-electron chi connectivity index (χ3n) is 4.81. The number of hydrogen-bond acceptors (Lipinski definition) is 4. The van der Waals surface area contributed by atoms with Crippen molar-refractivity contribution in [3.8, 4) is 5.75 Å². The molecular formula is C24H24N2O3. The molecule has 0 radical (unpaired) electrons. The first-order valence-corrected chi connectivity index (χ1v) is 9.35. The Bertz CT molecular complexity index is 996. The van der Waals surface area contributed by atoms with E-state index in [1.165, 1.54) is 0 Å². The molecule has 0 aliphatic carbocycles. The topological polar surface area (TPSA) is 67.4 Å². The first-order chi connectivity index (χ1) is 14.0. The number of aryl methyl sites for hydroxylation is 2. The highest BCUT2D eigenvalue weighted by Gasteiger charge is 2.23. The Balaban J connectivity index is 1.96. The minimum atomic E-state index is -0.678. The van der Waals surface area contributed by atoms with Crippen LogP contribution in [0, 0.1) is 13.8 Å². The Morgan fingerprint density at radius 3 is 2.28 bits per heavy atom. The summed E-state index contributed by atoms with van der Waals surface area (Å²) in [6.45, 7) is 3.92. The maximum atomic E-state index is 13.3. The van der Waals surface area contributed by atoms with E-state index < -0.39 is 6.04 Å². The van der Waals surface area contributed by atoms with Crippen LogP contribution in [0.3, 0.4) is 0 Å². The van der Waals surface area contributed by atoms with E-state index in [9.17, 15) is 9.59 Å². The number of benzene rings is 3. The van der Waals surface area contributed by atoms with Gasteiger partial charge in [-0.25, -0.2) is 0 Å². The van der Waals surface area contributed by atoms with Crippen molar-refractivity contribution < 1.29 is 14.3 Å². The van der Waals surface area contributed by atoms with Crippen LogP contribution in [0.15, 0.2) is 66.7 Å². The Morgan fingerprint density at radius 1 is 0.966 bits per heavy atom. The van der Waals surface area contributed by atoms with E-state index in [1.807, 2.05) is 62.4 Å². The highest BCUT2D eigenvalue weighted by molar-refractivity contribution is 5.99. The molecule has 1 unspecified atom stereocenters. The van der Waals surface area contributed by atoms with Gasteiger partial charge < -0.3 is 15.4 Å². The van der Waals surface area contributed by atoms with Gasteiger partial charge >= 0.3 is 0 Å². The van der Waals surface area contributed by atoms with Gasteiger partial charge in [0, 0.05) is 16.9 Å². The third kappa shape index (κ3) is 4.63. The lowest BCUT2D eigenvalue weighted by Crippen LogP contribution is -2.28. The smallest absolute Gasteiger partial charge is 0.251 e. The standard InChI is InChI=1S/C24H24N2O3/c1-16-8-7-9-17(2)22(16)26-24(28)23(18-10-5-4-6-11-18)25-21-13-12-20(29-3)14-19(21)15-27/h4-15,23,25H,1-3H3,(H,26,28). The predicted octanol–water partition coefficient (Wildman–Crippen LogP) is 4.92. The molecule has 3 rings (SSSR count). The molecule has 5 heteroatoms. The number of para-hydroxylation sites is 1. The molecule has 0 spiro atoms. The molecule has 0 heterocycles. The maximum Gasteiger partial charge on any atom is 0.251 e. The lowest BCUT2D eigenvalue weighted by molar-refractivity contribution is -0.117. The number of methoxy groups -OCH3 is 1. The number of amides is 1. The van der Waals surface area contributed by atoms with Gasteiger partial charge in [0.15, 0.2) is 6.29 Å². The van der Waals surface area contributed by atoms with Gasteiger partial charge in [-0.05, 0) is 48.7 Å². The second-order valence-corrected chi connectivity index (χ2v) is 6.82. The van der Waals surface area contributed by atoms with Gasteiger partial charge in [0.05, 0.1) is 7.11 Å². The van der Waals surface area contributed by atoms with Crippen molar-refractivity contribution in [2.75, 3.05) is 17.7 Å². The number of anilines is 2. The molecule has 0 fully saturated rings. The van der Waals surface area contributed by atoms with Gasteiger partial charge in [-0.15, -0.1) is 0 Å². The summed E-state index contributed by atoms with van der Waals surface area (Å²) in [5.41, 5.74) is 4.55. The van der Waals surface area contributed by atoms with Crippen LogP contribution < -0.4 is 15.4 Å². The predicted molar refractivity (Wildman–Crippen MR) is 116 cm³/mol. The van der Waals surface area contributed by atoms with Crippen molar-refractivity contribution in [3.05, 3.63) is 89.0 Å². The number of ether oxygens (including phenoxy) is 1. The molecule has 1 atom stereocenters. The number of carbonyl (C=O) groups excluding carboxylic acids is 2. The van der Waals surface area contributed by atoms with E-state index in [2.05, 4.69) is 10.6 Å². The van der Waals surface area contributed by atoms with E-state index in [0.717, 1.165) is 28.7 Å². The summed E-state index contributed by atoms with van der Waals surface area (Å²) in [7, 11) is 1.54. The van der Waals surface area contributed by atoms with Gasteiger partial charge in [0.1, 0.15) is 11.8 Å². The highest BCUT2D eigenvalue weighted by atomic mass is 16.5. The number of rotatable bonds is 7. The first-order valence-electron chi connectivity index (χ1n) is 9.35. The molecule has 1 amide bonds. The number of aldehydes is 1. The summed E-state index contributed by atoms with van der Waals surface area (Å²) in [4.78, 5) is 24.8. The zero-order valence-electron chi connectivity index (χ0n) is 16.7. The Morgan fingerprint density at radius 2 is 1.66 bits per heavy atom. The molecule has 3 aromatic carbocycles. The second kappa shape index (κ2) is 9.06. The second-order valence-electron chi connectivity index (χ2n) is 6.82. The average Bonchev–Trinajstić information content (AvgIpc) is 2.75. The van der Waals surface area contributed by atoms with E-state index in [4.69, 9.17) is 4.74 Å². The van der Waals surface area contributed by atoms with Crippen LogP contribution >= 0.6 is 0 Å². The van der Waals surface area contributed by atoms with Crippen LogP contribution in [0.25, 0.3) is 0 Å². The molecular weight excluding hydrogens is 364 g/mol. The lowest BCUT2D eigenvalue weighted by atomic mass is 10.0. The number of nitrogens with one attached hydrogen (secondary N) is 2. The fraction of sp³-hybridized carbons (Fsp3) is 0.167. The maximum absolute atomic E-state index is 13.3. The zero-order valence-corrected chi connectivity index (χ0v) is 16.7. The molecule has 5 nitrogen and oxygen atoms in total. The van der Waals surface area contributed by atoms with Crippen LogP contribution in [-0.4, -0.2) is 19.3 Å². The van der Waals surface area contributed by atoms with Crippen LogP contribution in [0.5, 0.6) is 5.75 Å². The first kappa shape index (κ1) is 20.1. The van der Waals surface area contributed by atoms with Crippen LogP contribution in [0.2, 0.25) is 0 Å². The van der Waals surface area contributed by atoms with Crippen molar-refractivity contribution in [1.29, 1.82) is 0 Å². The minimum Gasteiger partial charge on any atom is -0.497 e. The zero-order chi connectivity index (χ0) is 20.8. The highest BCUT2D eigenvalue weighted by Crippen LogP contribution is 2.27. The summed E-state index contributed by atoms with van der Waals surface area (Å²) in [6.07, 6.45) is 0.746. The molecule has 0 aliphatic heterocycles. The summed E-state index contributed by atoms with van der Waals surface area (Å²) in [5, 5.41) is 6.27. The fourth-order valence-electron chi connectivity index (χ4n) is 3.20. The number of hydrogen-bond donors (Lipinski definition) is 2. The Labute approximate surface area is 170 Å². The van der Waals surface area contributed by atoms with Crippen LogP contribution in [0.4, 0.5) is 11.4 Å². The van der Waals surface area contributed by atoms with Gasteiger partial charge in [-0.3, -0.25) is 9.59 Å². The van der Waals surface area contributed by atoms with Crippen LogP contribution in [0.1, 0.15) is 33.1 Å². The summed E-state index contributed by atoms with van der Waals surface area (Å²) in [5.74, 6) is 0.371. The van der Waals surface area contributed by atoms with Gasteiger partial charge in [0.25, 0.3) is 5.91 Å². The van der Waals surface area contributed by atoms with Gasteiger partial charge in [-0.2, -0.15) is 0 Å². The Hall–Kier alpha value is -3.60. The SMILES string of the molecule is COc1ccc(NC(C(=O)Nc2c(C)cccc2C)c2ccccc2)c(C=O)c1. The molecule has 0 aromatic heterocycles. The van der Waals surface area contributed by atoms with Crippen molar-refractivity contribution in [2.45, 2.75) is 19.9 Å². The molecule has 29 heavy (non-hydrogen) atoms. The summed E-state index contributed by atoms with van der Waals surface area (Å²) in [6, 6.07) is 19.8. The van der Waals surface area contributed by atoms with Crippen LogP contribution in [-0.2, 0) is 4.79 Å². The fourth-order valence-corrected chi connectivity index (χ4v) is 3.20. The van der Waals surface area contributed by atoms with Crippen molar-refractivity contribution in [1.82, 2.24) is 0 Å². The third-order valence-corrected chi connectivity index (χ3v) is 4.81. The van der Waals surface area contributed by atoms with Crippen molar-refractivity contribution in [2.24, 2.45) is 0 Å². The minimum absolute atomic E-state index is 0.207. The lowest BCUT2D eigenvalue weighted by Gasteiger charge is -2.22. The van der Waals surface area contributed by atoms with E-state index >= 15 is 0 Å². The number of carbonyl (C=O) groups is 2. The van der Waals surface area contributed by atoms with Gasteiger partial charge in [0.2, 0.25) is 0 Å². The molecule has 0 aliphatic rings. The molecule has 2 N–H and O–H groups in total. The molecule has 0 bridgehead atoms. The summed E-state index contributed by atoms with van der Waals surface area (Å²) >= 11 is 0. The normalized spacial score (nSPS) is 11.4. The molecule has 148 valence electrons. The monoisotopic (exact) mass is 388 g/mol.